The van der Waals surface area contributed by atoms with E-state index in [1.54, 1.807) is 22.3 Å². The Morgan fingerprint density at radius 3 is 1.11 bits per heavy atom. The second-order valence-corrected chi connectivity index (χ2v) is 15.5. The fraction of sp³-hybridized carbons (Fsp3) is 0.657. The van der Waals surface area contributed by atoms with Crippen LogP contribution in [0.5, 0.6) is 0 Å². The van der Waals surface area contributed by atoms with Crippen LogP contribution in [-0.2, 0) is 16.2 Å². The van der Waals surface area contributed by atoms with Crippen LogP contribution in [-0.4, -0.2) is 0 Å². The standard InChI is InChI=1S/C35H42/c1-33(2)31-13-27(34-15-21-7-22(16-34)9-23(8-21)17-34)3-5-29(31)30-6-4-28(14-32(30)33)35-18-24-10-25(19-35)12-26(11-24)20-35/h3-6,13-14,21-26H,7-12,15-20H2,1-2H3. The molecule has 8 bridgehead atoms. The van der Waals surface area contributed by atoms with Crippen LogP contribution >= 0.6 is 0 Å². The van der Waals surface area contributed by atoms with Crippen LogP contribution in [0.3, 0.4) is 0 Å². The van der Waals surface area contributed by atoms with Gasteiger partial charge in [0, 0.05) is 5.41 Å². The number of fused-ring (bicyclic) bond motifs is 3. The van der Waals surface area contributed by atoms with Crippen molar-refractivity contribution in [2.45, 2.75) is 107 Å². The molecule has 0 saturated heterocycles. The molecule has 0 N–H and O–H groups in total. The zero-order valence-electron chi connectivity index (χ0n) is 21.9. The maximum Gasteiger partial charge on any atom is 0.0159 e. The number of hydrogen-bond acceptors (Lipinski definition) is 0. The first kappa shape index (κ1) is 20.5. The molecule has 0 radical (unpaired) electrons. The highest BCUT2D eigenvalue weighted by Crippen LogP contribution is 2.63. The molecule has 2 aromatic rings. The molecule has 8 saturated carbocycles. The number of hydrogen-bond donors (Lipinski definition) is 0. The highest BCUT2D eigenvalue weighted by atomic mass is 14.6. The molecule has 9 aliphatic carbocycles. The van der Waals surface area contributed by atoms with E-state index in [0.717, 1.165) is 35.5 Å². The molecule has 0 unspecified atom stereocenters. The molecular formula is C35H42. The summed E-state index contributed by atoms with van der Waals surface area (Å²) in [6.07, 6.45) is 18.1. The smallest absolute Gasteiger partial charge is 0.0159 e. The van der Waals surface area contributed by atoms with Gasteiger partial charge in [-0.25, -0.2) is 0 Å². The van der Waals surface area contributed by atoms with Crippen molar-refractivity contribution in [1.29, 1.82) is 0 Å². The zero-order valence-corrected chi connectivity index (χ0v) is 21.9. The Balaban J connectivity index is 1.12. The molecule has 9 aliphatic rings. The maximum atomic E-state index is 2.72. The summed E-state index contributed by atoms with van der Waals surface area (Å²) >= 11 is 0. The summed E-state index contributed by atoms with van der Waals surface area (Å²) in [5.41, 5.74) is 10.9. The van der Waals surface area contributed by atoms with E-state index in [-0.39, 0.29) is 5.41 Å². The number of benzene rings is 2. The molecule has 0 amide bonds. The average molecular weight is 463 g/mol. The van der Waals surface area contributed by atoms with Gasteiger partial charge in [-0.2, -0.15) is 0 Å². The van der Waals surface area contributed by atoms with Crippen LogP contribution in [0, 0.1) is 35.5 Å². The van der Waals surface area contributed by atoms with Gasteiger partial charge in [0.2, 0.25) is 0 Å². The largest absolute Gasteiger partial charge is 0.0578 e. The summed E-state index contributed by atoms with van der Waals surface area (Å²) in [4.78, 5) is 0. The van der Waals surface area contributed by atoms with Crippen LogP contribution < -0.4 is 0 Å². The van der Waals surface area contributed by atoms with Crippen molar-refractivity contribution in [3.05, 3.63) is 58.7 Å². The van der Waals surface area contributed by atoms with E-state index in [0.29, 0.717) is 10.8 Å². The summed E-state index contributed by atoms with van der Waals surface area (Å²) < 4.78 is 0. The molecule has 0 nitrogen and oxygen atoms in total. The molecule has 182 valence electrons. The van der Waals surface area contributed by atoms with Crippen LogP contribution in [0.15, 0.2) is 36.4 Å². The van der Waals surface area contributed by atoms with Gasteiger partial charge >= 0.3 is 0 Å². The van der Waals surface area contributed by atoms with Gasteiger partial charge in [0.1, 0.15) is 0 Å². The molecule has 0 heteroatoms. The average Bonchev–Trinajstić information content (AvgIpc) is 3.04. The molecule has 2 aromatic carbocycles. The SMILES string of the molecule is CC1(C)c2cc(C34CC5CC(CC(C5)C3)C4)ccc2-c2ccc(C34CC5CC(CC(C5)C3)C4)cc21. The van der Waals surface area contributed by atoms with E-state index in [4.69, 9.17) is 0 Å². The minimum Gasteiger partial charge on any atom is -0.0578 e. The van der Waals surface area contributed by atoms with Crippen LogP contribution in [0.1, 0.15) is 113 Å². The lowest BCUT2D eigenvalue weighted by molar-refractivity contribution is -0.00530. The molecule has 0 spiro atoms. The fourth-order valence-electron chi connectivity index (χ4n) is 12.3. The quantitative estimate of drug-likeness (QED) is 0.418. The molecule has 0 heterocycles. The van der Waals surface area contributed by atoms with Crippen molar-refractivity contribution in [1.82, 2.24) is 0 Å². The Bertz CT molecular complexity index is 1070. The lowest BCUT2D eigenvalue weighted by Gasteiger charge is -2.57. The van der Waals surface area contributed by atoms with Gasteiger partial charge in [0.25, 0.3) is 0 Å². The summed E-state index contributed by atoms with van der Waals surface area (Å²) in [6, 6.07) is 15.7. The van der Waals surface area contributed by atoms with E-state index < -0.39 is 0 Å². The van der Waals surface area contributed by atoms with Crippen molar-refractivity contribution in [3.8, 4) is 11.1 Å². The Labute approximate surface area is 212 Å². The van der Waals surface area contributed by atoms with Gasteiger partial charge < -0.3 is 0 Å². The lowest BCUT2D eigenvalue weighted by atomic mass is 9.48. The molecule has 8 fully saturated rings. The van der Waals surface area contributed by atoms with Crippen LogP contribution in [0.25, 0.3) is 11.1 Å². The summed E-state index contributed by atoms with van der Waals surface area (Å²) in [7, 11) is 0. The first-order chi connectivity index (χ1) is 16.9. The second kappa shape index (κ2) is 6.46. The van der Waals surface area contributed by atoms with Crippen molar-refractivity contribution in [2.75, 3.05) is 0 Å². The van der Waals surface area contributed by atoms with Crippen LogP contribution in [0.4, 0.5) is 0 Å². The van der Waals surface area contributed by atoms with E-state index in [2.05, 4.69) is 50.2 Å². The number of rotatable bonds is 2. The van der Waals surface area contributed by atoms with E-state index >= 15 is 0 Å². The minimum atomic E-state index is 0.126. The van der Waals surface area contributed by atoms with Gasteiger partial charge in [0.15, 0.2) is 0 Å². The Hall–Kier alpha value is -1.56. The van der Waals surface area contributed by atoms with Crippen LogP contribution in [0.2, 0.25) is 0 Å². The highest BCUT2D eigenvalue weighted by molar-refractivity contribution is 5.81. The van der Waals surface area contributed by atoms with Gasteiger partial charge in [-0.05, 0) is 157 Å². The van der Waals surface area contributed by atoms with Gasteiger partial charge in [-0.1, -0.05) is 50.2 Å². The van der Waals surface area contributed by atoms with E-state index in [9.17, 15) is 0 Å². The maximum absolute atomic E-state index is 2.72. The Morgan fingerprint density at radius 1 is 0.486 bits per heavy atom. The molecule has 0 aromatic heterocycles. The van der Waals surface area contributed by atoms with Gasteiger partial charge in [-0.3, -0.25) is 0 Å². The first-order valence-electron chi connectivity index (χ1n) is 15.2. The summed E-state index contributed by atoms with van der Waals surface area (Å²) in [5.74, 6) is 6.10. The predicted octanol–water partition coefficient (Wildman–Crippen LogP) is 8.93. The minimum absolute atomic E-state index is 0.126. The second-order valence-electron chi connectivity index (χ2n) is 15.5. The highest BCUT2D eigenvalue weighted by Gasteiger charge is 2.53. The van der Waals surface area contributed by atoms with Crippen molar-refractivity contribution in [3.63, 3.8) is 0 Å². The molecule has 35 heavy (non-hydrogen) atoms. The topological polar surface area (TPSA) is 0 Å². The molecule has 11 rings (SSSR count). The predicted molar refractivity (Wildman–Crippen MR) is 144 cm³/mol. The first-order valence-corrected chi connectivity index (χ1v) is 15.2. The Kier molecular flexibility index (Phi) is 3.78. The van der Waals surface area contributed by atoms with Crippen molar-refractivity contribution >= 4 is 0 Å². The molecular weight excluding hydrogens is 420 g/mol. The van der Waals surface area contributed by atoms with Crippen molar-refractivity contribution < 1.29 is 0 Å². The lowest BCUT2D eigenvalue weighted by Crippen LogP contribution is -2.48. The molecule has 0 aliphatic heterocycles. The summed E-state index contributed by atoms with van der Waals surface area (Å²) in [6.45, 7) is 5.06. The third-order valence-corrected chi connectivity index (χ3v) is 13.0. The monoisotopic (exact) mass is 462 g/mol. The third kappa shape index (κ3) is 2.65. The summed E-state index contributed by atoms with van der Waals surface area (Å²) in [5, 5.41) is 0. The van der Waals surface area contributed by atoms with Gasteiger partial charge in [-0.15, -0.1) is 0 Å². The van der Waals surface area contributed by atoms with E-state index in [1.807, 2.05) is 0 Å². The fourth-order valence-corrected chi connectivity index (χ4v) is 12.3. The third-order valence-electron chi connectivity index (χ3n) is 13.0. The Morgan fingerprint density at radius 2 is 0.800 bits per heavy atom. The van der Waals surface area contributed by atoms with Gasteiger partial charge in [0.05, 0.1) is 0 Å². The molecule has 0 atom stereocenters. The normalized spacial score (nSPS) is 45.1. The zero-order chi connectivity index (χ0) is 23.2. The van der Waals surface area contributed by atoms with E-state index in [1.165, 1.54) is 88.2 Å². The van der Waals surface area contributed by atoms with Crippen molar-refractivity contribution in [2.24, 2.45) is 35.5 Å².